The van der Waals surface area contributed by atoms with Gasteiger partial charge in [-0.05, 0) is 52.4 Å². The zero-order valence-corrected chi connectivity index (χ0v) is 13.4. The minimum atomic E-state index is 0.106. The van der Waals surface area contributed by atoms with Crippen LogP contribution in [0.25, 0.3) is 0 Å². The van der Waals surface area contributed by atoms with Gasteiger partial charge >= 0.3 is 0 Å². The van der Waals surface area contributed by atoms with Crippen LogP contribution in [0.3, 0.4) is 0 Å². The minimum Gasteiger partial charge on any atom is -0.375 e. The maximum absolute atomic E-state index is 6.16. The maximum atomic E-state index is 6.16. The molecule has 0 aromatic heterocycles. The van der Waals surface area contributed by atoms with E-state index in [0.717, 1.165) is 5.92 Å². The Morgan fingerprint density at radius 1 is 1.16 bits per heavy atom. The average Bonchev–Trinajstić information content (AvgIpc) is 2.99. The van der Waals surface area contributed by atoms with Crippen LogP contribution in [0.5, 0.6) is 0 Å². The first-order chi connectivity index (χ1) is 8.93. The van der Waals surface area contributed by atoms with Crippen LogP contribution in [-0.4, -0.2) is 23.9 Å². The van der Waals surface area contributed by atoms with E-state index in [1.807, 2.05) is 0 Å². The molecule has 2 aliphatic rings. The second kappa shape index (κ2) is 6.13. The summed E-state index contributed by atoms with van der Waals surface area (Å²) >= 11 is 0. The van der Waals surface area contributed by atoms with Gasteiger partial charge in [-0.3, -0.25) is 0 Å². The Kier molecular flexibility index (Phi) is 4.94. The summed E-state index contributed by atoms with van der Waals surface area (Å²) in [6.07, 6.45) is 8.91. The second-order valence-electron chi connectivity index (χ2n) is 7.38. The van der Waals surface area contributed by atoms with E-state index >= 15 is 0 Å². The van der Waals surface area contributed by atoms with Crippen molar-refractivity contribution >= 4 is 0 Å². The van der Waals surface area contributed by atoms with Gasteiger partial charge in [-0.15, -0.1) is 0 Å². The van der Waals surface area contributed by atoms with E-state index in [4.69, 9.17) is 9.47 Å². The van der Waals surface area contributed by atoms with Gasteiger partial charge in [0, 0.05) is 5.92 Å². The summed E-state index contributed by atoms with van der Waals surface area (Å²) in [5, 5.41) is 0. The van der Waals surface area contributed by atoms with E-state index in [2.05, 4.69) is 34.6 Å². The van der Waals surface area contributed by atoms with E-state index in [1.54, 1.807) is 0 Å². The van der Waals surface area contributed by atoms with Crippen LogP contribution in [0.2, 0.25) is 0 Å². The summed E-state index contributed by atoms with van der Waals surface area (Å²) in [5.74, 6) is 1.39. The van der Waals surface area contributed by atoms with Crippen molar-refractivity contribution in [1.29, 1.82) is 0 Å². The lowest BCUT2D eigenvalue weighted by Gasteiger charge is -2.35. The summed E-state index contributed by atoms with van der Waals surface area (Å²) in [5.41, 5.74) is 0.106. The van der Waals surface area contributed by atoms with Gasteiger partial charge < -0.3 is 9.47 Å². The first-order valence-corrected chi connectivity index (χ1v) is 8.26. The fourth-order valence-corrected chi connectivity index (χ4v) is 3.69. The molecule has 1 aliphatic heterocycles. The molecule has 0 N–H and O–H groups in total. The molecule has 2 nitrogen and oxygen atoms in total. The van der Waals surface area contributed by atoms with Crippen molar-refractivity contribution in [2.24, 2.45) is 11.8 Å². The summed E-state index contributed by atoms with van der Waals surface area (Å²) in [4.78, 5) is 0. The number of hydrogen-bond donors (Lipinski definition) is 0. The highest BCUT2D eigenvalue weighted by molar-refractivity contribution is 5.06. The molecular formula is C17H32O2. The summed E-state index contributed by atoms with van der Waals surface area (Å²) in [6.45, 7) is 11.2. The zero-order valence-electron chi connectivity index (χ0n) is 13.4. The molecule has 0 aromatic carbocycles. The molecule has 2 heteroatoms. The van der Waals surface area contributed by atoms with Crippen molar-refractivity contribution in [2.75, 3.05) is 0 Å². The second-order valence-corrected chi connectivity index (χ2v) is 7.38. The molecule has 4 atom stereocenters. The highest BCUT2D eigenvalue weighted by Crippen LogP contribution is 2.51. The van der Waals surface area contributed by atoms with Crippen molar-refractivity contribution in [3.63, 3.8) is 0 Å². The number of ether oxygens (including phenoxy) is 2. The lowest BCUT2D eigenvalue weighted by molar-refractivity contribution is -0.0643. The molecule has 0 spiro atoms. The number of hydrogen-bond acceptors (Lipinski definition) is 2. The van der Waals surface area contributed by atoms with Gasteiger partial charge in [-0.2, -0.15) is 0 Å². The minimum absolute atomic E-state index is 0.106. The van der Waals surface area contributed by atoms with Crippen molar-refractivity contribution in [1.82, 2.24) is 0 Å². The van der Waals surface area contributed by atoms with Crippen LogP contribution in [0.1, 0.15) is 73.1 Å². The van der Waals surface area contributed by atoms with Gasteiger partial charge in [0.1, 0.15) is 0 Å². The van der Waals surface area contributed by atoms with E-state index < -0.39 is 0 Å². The van der Waals surface area contributed by atoms with Crippen molar-refractivity contribution in [2.45, 2.75) is 97.1 Å². The molecule has 2 fully saturated rings. The van der Waals surface area contributed by atoms with Gasteiger partial charge in [0.05, 0.1) is 23.9 Å². The predicted molar refractivity (Wildman–Crippen MR) is 79.3 cm³/mol. The molecule has 1 saturated heterocycles. The first kappa shape index (κ1) is 15.3. The molecule has 0 radical (unpaired) electrons. The fourth-order valence-electron chi connectivity index (χ4n) is 3.69. The van der Waals surface area contributed by atoms with Crippen molar-refractivity contribution in [3.05, 3.63) is 0 Å². The predicted octanol–water partition coefficient (Wildman–Crippen LogP) is 4.56. The standard InChI is InChI=1S/C17H32O2/c1-12(2)10-11-16-17(5,19-16)14-8-6-7-9-15(14)18-13(3)4/h12-16H,6-11H2,1-5H3/t14?,15-,16-,17-/m1/s1. The topological polar surface area (TPSA) is 21.8 Å². The highest BCUT2D eigenvalue weighted by Gasteiger charge is 2.59. The fraction of sp³-hybridized carbons (Fsp3) is 1.00. The molecule has 1 heterocycles. The lowest BCUT2D eigenvalue weighted by atomic mass is 9.76. The Labute approximate surface area is 119 Å². The van der Waals surface area contributed by atoms with Crippen LogP contribution >= 0.6 is 0 Å². The SMILES string of the molecule is CC(C)CC[C@H]1O[C@]1(C)C1CCCC[C@H]1OC(C)C. The summed E-state index contributed by atoms with van der Waals surface area (Å²) in [7, 11) is 0. The summed E-state index contributed by atoms with van der Waals surface area (Å²) in [6, 6.07) is 0. The highest BCUT2D eigenvalue weighted by atomic mass is 16.6. The van der Waals surface area contributed by atoms with E-state index in [9.17, 15) is 0 Å². The molecular weight excluding hydrogens is 236 g/mol. The largest absolute Gasteiger partial charge is 0.375 e. The molecule has 1 saturated carbocycles. The Bertz CT molecular complexity index is 287. The summed E-state index contributed by atoms with van der Waals surface area (Å²) < 4.78 is 12.3. The molecule has 0 amide bonds. The van der Waals surface area contributed by atoms with Gasteiger partial charge in [-0.25, -0.2) is 0 Å². The third-order valence-electron chi connectivity index (χ3n) is 4.87. The zero-order chi connectivity index (χ0) is 14.0. The van der Waals surface area contributed by atoms with Crippen molar-refractivity contribution in [3.8, 4) is 0 Å². The Balaban J connectivity index is 1.91. The van der Waals surface area contributed by atoms with Crippen LogP contribution in [0, 0.1) is 11.8 Å². The van der Waals surface area contributed by atoms with Crippen LogP contribution in [0.4, 0.5) is 0 Å². The van der Waals surface area contributed by atoms with Gasteiger partial charge in [0.2, 0.25) is 0 Å². The number of rotatable bonds is 6. The van der Waals surface area contributed by atoms with Crippen LogP contribution in [-0.2, 0) is 9.47 Å². The monoisotopic (exact) mass is 268 g/mol. The molecule has 112 valence electrons. The molecule has 19 heavy (non-hydrogen) atoms. The molecule has 0 bridgehead atoms. The van der Waals surface area contributed by atoms with Crippen molar-refractivity contribution < 1.29 is 9.47 Å². The quantitative estimate of drug-likeness (QED) is 0.658. The molecule has 1 unspecified atom stereocenters. The van der Waals surface area contributed by atoms with Crippen LogP contribution in [0.15, 0.2) is 0 Å². The van der Waals surface area contributed by atoms with Gasteiger partial charge in [0.15, 0.2) is 0 Å². The Morgan fingerprint density at radius 2 is 1.84 bits per heavy atom. The van der Waals surface area contributed by atoms with E-state index in [0.29, 0.717) is 24.2 Å². The lowest BCUT2D eigenvalue weighted by Crippen LogP contribution is -2.39. The van der Waals surface area contributed by atoms with Gasteiger partial charge in [0.25, 0.3) is 0 Å². The molecule has 1 aliphatic carbocycles. The normalized spacial score (nSPS) is 39.0. The number of epoxide rings is 1. The van der Waals surface area contributed by atoms with Gasteiger partial charge in [-0.1, -0.05) is 26.7 Å². The smallest absolute Gasteiger partial charge is 0.0973 e. The molecule has 2 rings (SSSR count). The van der Waals surface area contributed by atoms with E-state index in [-0.39, 0.29) is 5.60 Å². The molecule has 0 aromatic rings. The first-order valence-electron chi connectivity index (χ1n) is 8.26. The third kappa shape index (κ3) is 3.72. The third-order valence-corrected chi connectivity index (χ3v) is 4.87. The van der Waals surface area contributed by atoms with Crippen LogP contribution < -0.4 is 0 Å². The maximum Gasteiger partial charge on any atom is 0.0973 e. The van der Waals surface area contributed by atoms with E-state index in [1.165, 1.54) is 38.5 Å². The average molecular weight is 268 g/mol. The Hall–Kier alpha value is -0.0800. The Morgan fingerprint density at radius 3 is 2.47 bits per heavy atom.